The molecule has 2 aromatic carbocycles. The van der Waals surface area contributed by atoms with E-state index in [1.165, 1.54) is 23.5 Å². The molecule has 2 saturated heterocycles. The average molecular weight is 556 g/mol. The molecule has 1 aromatic heterocycles. The smallest absolute Gasteiger partial charge is 0.341 e. The molecule has 6 rings (SSSR count). The first-order valence-electron chi connectivity index (χ1n) is 13.1. The van der Waals surface area contributed by atoms with Crippen molar-refractivity contribution in [2.45, 2.75) is 25.1 Å². The molecule has 3 aliphatic rings. The van der Waals surface area contributed by atoms with Gasteiger partial charge in [0.2, 0.25) is 0 Å². The zero-order valence-electron chi connectivity index (χ0n) is 21.2. The van der Waals surface area contributed by atoms with Crippen molar-refractivity contribution in [2.24, 2.45) is 0 Å². The Bertz CT molecular complexity index is 1350. The fourth-order valence-electron chi connectivity index (χ4n) is 5.62. The molecule has 204 valence electrons. The number of thiazole rings is 1. The number of benzene rings is 2. The van der Waals surface area contributed by atoms with E-state index in [2.05, 4.69) is 9.88 Å². The van der Waals surface area contributed by atoms with Crippen molar-refractivity contribution >= 4 is 34.5 Å². The van der Waals surface area contributed by atoms with E-state index >= 15 is 0 Å². The van der Waals surface area contributed by atoms with Gasteiger partial charge in [0.15, 0.2) is 5.01 Å². The maximum atomic E-state index is 13.2. The number of fused-ring (bicyclic) bond motifs is 1. The number of piperazine rings is 1. The van der Waals surface area contributed by atoms with Gasteiger partial charge in [-0.2, -0.15) is 13.2 Å². The summed E-state index contributed by atoms with van der Waals surface area (Å²) < 4.78 is 38.9. The highest BCUT2D eigenvalue weighted by Crippen LogP contribution is 2.36. The number of rotatable bonds is 4. The van der Waals surface area contributed by atoms with Gasteiger partial charge in [0.25, 0.3) is 11.8 Å². The van der Waals surface area contributed by atoms with Crippen LogP contribution in [0.2, 0.25) is 0 Å². The van der Waals surface area contributed by atoms with Crippen LogP contribution >= 0.6 is 11.3 Å². The summed E-state index contributed by atoms with van der Waals surface area (Å²) in [5, 5.41) is 2.33. The van der Waals surface area contributed by atoms with E-state index < -0.39 is 11.7 Å². The fourth-order valence-corrected chi connectivity index (χ4v) is 6.22. The third-order valence-corrected chi connectivity index (χ3v) is 8.60. The van der Waals surface area contributed by atoms with E-state index in [1.54, 1.807) is 11.6 Å². The van der Waals surface area contributed by atoms with Gasteiger partial charge in [0, 0.05) is 80.4 Å². The van der Waals surface area contributed by atoms with Crippen LogP contribution in [-0.2, 0) is 12.6 Å². The largest absolute Gasteiger partial charge is 0.416 e. The highest BCUT2D eigenvalue weighted by molar-refractivity contribution is 7.11. The summed E-state index contributed by atoms with van der Waals surface area (Å²) >= 11 is 1.36. The number of carbonyl (C=O) groups is 2. The summed E-state index contributed by atoms with van der Waals surface area (Å²) in [6, 6.07) is 11.2. The van der Waals surface area contributed by atoms with Crippen molar-refractivity contribution in [1.82, 2.24) is 19.7 Å². The van der Waals surface area contributed by atoms with Crippen molar-refractivity contribution in [3.8, 4) is 0 Å². The SMILES string of the molecule is O=C(c1ccc2c(c1)CCCN2c1ccc(C(F)(F)F)cc1)N1CC(N2CCN(C(=O)c3nccs3)CC2)C1. The number of halogens is 3. The van der Waals surface area contributed by atoms with Crippen LogP contribution in [0.3, 0.4) is 0 Å². The van der Waals surface area contributed by atoms with Crippen LogP contribution in [0.25, 0.3) is 0 Å². The van der Waals surface area contributed by atoms with E-state index in [1.807, 2.05) is 32.9 Å². The average Bonchev–Trinajstić information content (AvgIpc) is 3.46. The minimum atomic E-state index is -4.36. The van der Waals surface area contributed by atoms with Gasteiger partial charge in [-0.1, -0.05) is 0 Å². The maximum Gasteiger partial charge on any atom is 0.416 e. The van der Waals surface area contributed by atoms with Crippen molar-refractivity contribution in [3.63, 3.8) is 0 Å². The molecule has 0 spiro atoms. The second kappa shape index (κ2) is 10.3. The van der Waals surface area contributed by atoms with Gasteiger partial charge in [-0.15, -0.1) is 11.3 Å². The second-order valence-corrected chi connectivity index (χ2v) is 11.1. The molecule has 4 heterocycles. The summed E-state index contributed by atoms with van der Waals surface area (Å²) in [4.78, 5) is 37.9. The lowest BCUT2D eigenvalue weighted by atomic mass is 9.97. The molecule has 39 heavy (non-hydrogen) atoms. The Morgan fingerprint density at radius 2 is 1.64 bits per heavy atom. The number of aromatic nitrogens is 1. The minimum Gasteiger partial charge on any atom is -0.341 e. The van der Waals surface area contributed by atoms with Gasteiger partial charge in [-0.05, 0) is 60.9 Å². The molecule has 2 amide bonds. The van der Waals surface area contributed by atoms with Gasteiger partial charge in [-0.3, -0.25) is 14.5 Å². The Kier molecular flexibility index (Phi) is 6.80. The molecule has 0 bridgehead atoms. The lowest BCUT2D eigenvalue weighted by molar-refractivity contribution is -0.137. The maximum absolute atomic E-state index is 13.2. The van der Waals surface area contributed by atoms with Crippen LogP contribution in [0.15, 0.2) is 54.0 Å². The van der Waals surface area contributed by atoms with Crippen LogP contribution in [-0.4, -0.2) is 83.4 Å². The van der Waals surface area contributed by atoms with Gasteiger partial charge in [-0.25, -0.2) is 4.98 Å². The van der Waals surface area contributed by atoms with E-state index in [0.717, 1.165) is 49.3 Å². The van der Waals surface area contributed by atoms with Gasteiger partial charge < -0.3 is 14.7 Å². The zero-order valence-corrected chi connectivity index (χ0v) is 22.0. The molecule has 0 N–H and O–H groups in total. The first-order chi connectivity index (χ1) is 18.8. The number of hydrogen-bond acceptors (Lipinski definition) is 6. The molecule has 7 nitrogen and oxygen atoms in total. The van der Waals surface area contributed by atoms with E-state index in [-0.39, 0.29) is 11.8 Å². The predicted octanol–water partition coefficient (Wildman–Crippen LogP) is 4.53. The lowest BCUT2D eigenvalue weighted by Crippen LogP contribution is -2.64. The first kappa shape index (κ1) is 25.8. The Balaban J connectivity index is 1.05. The Hall–Kier alpha value is -3.44. The molecule has 0 radical (unpaired) electrons. The molecule has 2 fully saturated rings. The summed E-state index contributed by atoms with van der Waals surface area (Å²) in [6.45, 7) is 4.90. The van der Waals surface area contributed by atoms with Crippen molar-refractivity contribution < 1.29 is 22.8 Å². The molecule has 11 heteroatoms. The molecule has 0 unspecified atom stereocenters. The number of amides is 2. The van der Waals surface area contributed by atoms with E-state index in [9.17, 15) is 22.8 Å². The third-order valence-electron chi connectivity index (χ3n) is 7.83. The Morgan fingerprint density at radius 1 is 0.897 bits per heavy atom. The zero-order chi connectivity index (χ0) is 27.1. The number of aryl methyl sites for hydroxylation is 1. The molecule has 0 aliphatic carbocycles. The van der Waals surface area contributed by atoms with Crippen LogP contribution in [0.4, 0.5) is 24.5 Å². The fraction of sp³-hybridized carbons (Fsp3) is 0.393. The Morgan fingerprint density at radius 3 is 2.31 bits per heavy atom. The molecular weight excluding hydrogens is 527 g/mol. The van der Waals surface area contributed by atoms with Crippen molar-refractivity contribution in [2.75, 3.05) is 50.7 Å². The molecular formula is C28H28F3N5O2S. The van der Waals surface area contributed by atoms with Gasteiger partial charge in [0.1, 0.15) is 0 Å². The highest BCUT2D eigenvalue weighted by atomic mass is 32.1. The summed E-state index contributed by atoms with van der Waals surface area (Å²) in [5.41, 5.74) is 2.65. The van der Waals surface area contributed by atoms with Gasteiger partial charge in [0.05, 0.1) is 5.56 Å². The van der Waals surface area contributed by atoms with Crippen LogP contribution in [0.1, 0.15) is 37.7 Å². The highest BCUT2D eigenvalue weighted by Gasteiger charge is 2.37. The molecule has 3 aliphatic heterocycles. The normalized spacial score (nSPS) is 18.6. The number of nitrogens with zero attached hydrogens (tertiary/aromatic N) is 5. The topological polar surface area (TPSA) is 60.0 Å². The number of likely N-dealkylation sites (tertiary alicyclic amines) is 1. The van der Waals surface area contributed by atoms with E-state index in [4.69, 9.17) is 0 Å². The lowest BCUT2D eigenvalue weighted by Gasteiger charge is -2.48. The number of anilines is 2. The summed E-state index contributed by atoms with van der Waals surface area (Å²) in [7, 11) is 0. The predicted molar refractivity (Wildman–Crippen MR) is 142 cm³/mol. The monoisotopic (exact) mass is 555 g/mol. The number of alkyl halides is 3. The standard InChI is InChI=1S/C28H28F3N5O2S/c29-28(30,31)21-4-6-22(7-5-21)36-10-1-2-19-16-20(3-8-24(19)36)26(37)35-17-23(18-35)33-11-13-34(14-12-33)27(38)25-32-9-15-39-25/h3-9,15-16,23H,1-2,10-14,17-18H2. The quantitative estimate of drug-likeness (QED) is 0.474. The first-order valence-corrected chi connectivity index (χ1v) is 14.0. The minimum absolute atomic E-state index is 0.00159. The van der Waals surface area contributed by atoms with Gasteiger partial charge >= 0.3 is 6.18 Å². The van der Waals surface area contributed by atoms with E-state index in [0.29, 0.717) is 55.0 Å². The molecule has 0 atom stereocenters. The van der Waals surface area contributed by atoms with Crippen LogP contribution in [0, 0.1) is 0 Å². The Labute approximate surface area is 228 Å². The summed E-state index contributed by atoms with van der Waals surface area (Å²) in [6.07, 6.45) is -1.04. The van der Waals surface area contributed by atoms with Crippen molar-refractivity contribution in [1.29, 1.82) is 0 Å². The third kappa shape index (κ3) is 5.12. The van der Waals surface area contributed by atoms with Crippen LogP contribution < -0.4 is 4.90 Å². The second-order valence-electron chi connectivity index (χ2n) is 10.2. The molecule has 0 saturated carbocycles. The number of carbonyl (C=O) groups excluding carboxylic acids is 2. The number of hydrogen-bond donors (Lipinski definition) is 0. The summed E-state index contributed by atoms with van der Waals surface area (Å²) in [5.74, 6) is -0.0161. The molecule has 3 aromatic rings. The van der Waals surface area contributed by atoms with Crippen LogP contribution in [0.5, 0.6) is 0 Å². The van der Waals surface area contributed by atoms with Crippen molar-refractivity contribution in [3.05, 3.63) is 75.7 Å².